The summed E-state index contributed by atoms with van der Waals surface area (Å²) in [6.07, 6.45) is 10.6. The number of phenolic OH excluding ortho intramolecular Hbond substituents is 1. The SMILES string of the molecule is CCCCCCCCc1cc(O)c2c(c1)OC(C)(C)C1CCC(=O)CC21. The third kappa shape index (κ3) is 4.07. The Morgan fingerprint density at radius 1 is 1.15 bits per heavy atom. The smallest absolute Gasteiger partial charge is 0.133 e. The number of carbonyl (C=O) groups is 1. The van der Waals surface area contributed by atoms with Crippen molar-refractivity contribution in [2.24, 2.45) is 5.92 Å². The number of rotatable bonds is 7. The van der Waals surface area contributed by atoms with Crippen molar-refractivity contribution < 1.29 is 14.6 Å². The lowest BCUT2D eigenvalue weighted by atomic mass is 9.66. The van der Waals surface area contributed by atoms with E-state index >= 15 is 0 Å². The molecule has 0 radical (unpaired) electrons. The fourth-order valence-corrected chi connectivity index (χ4v) is 4.88. The number of ether oxygens (including phenoxy) is 1. The van der Waals surface area contributed by atoms with Crippen LogP contribution in [0.2, 0.25) is 0 Å². The molecule has 2 atom stereocenters. The summed E-state index contributed by atoms with van der Waals surface area (Å²) in [5.74, 6) is 1.82. The molecule has 2 unspecified atom stereocenters. The minimum absolute atomic E-state index is 0.0955. The lowest BCUT2D eigenvalue weighted by molar-refractivity contribution is -0.124. The van der Waals surface area contributed by atoms with Crippen LogP contribution < -0.4 is 4.74 Å². The standard InChI is InChI=1S/C23H34O3/c1-4-5-6-7-8-9-10-16-13-20(25)22-18-15-17(24)11-12-19(18)23(2,3)26-21(22)14-16/h13-14,18-19,25H,4-12,15H2,1-3H3. The van der Waals surface area contributed by atoms with Crippen LogP contribution in [-0.4, -0.2) is 16.5 Å². The Labute approximate surface area is 158 Å². The van der Waals surface area contributed by atoms with Gasteiger partial charge in [0, 0.05) is 30.2 Å². The van der Waals surface area contributed by atoms with Gasteiger partial charge in [-0.05, 0) is 50.8 Å². The van der Waals surface area contributed by atoms with Crippen LogP contribution in [0.1, 0.15) is 95.6 Å². The molecule has 0 bridgehead atoms. The largest absolute Gasteiger partial charge is 0.508 e. The molecule has 1 aromatic rings. The van der Waals surface area contributed by atoms with E-state index in [4.69, 9.17) is 4.74 Å². The summed E-state index contributed by atoms with van der Waals surface area (Å²) in [6.45, 7) is 6.49. The van der Waals surface area contributed by atoms with E-state index < -0.39 is 0 Å². The van der Waals surface area contributed by atoms with Gasteiger partial charge in [0.1, 0.15) is 22.9 Å². The molecule has 3 heteroatoms. The zero-order valence-electron chi connectivity index (χ0n) is 16.6. The molecule has 1 aromatic carbocycles. The topological polar surface area (TPSA) is 46.5 Å². The van der Waals surface area contributed by atoms with Crippen molar-refractivity contribution in [3.05, 3.63) is 23.3 Å². The maximum atomic E-state index is 12.0. The number of benzene rings is 1. The molecule has 1 N–H and O–H groups in total. The highest BCUT2D eigenvalue weighted by Gasteiger charge is 2.47. The van der Waals surface area contributed by atoms with E-state index in [0.717, 1.165) is 36.1 Å². The van der Waals surface area contributed by atoms with Gasteiger partial charge in [0.05, 0.1) is 0 Å². The van der Waals surface area contributed by atoms with Gasteiger partial charge in [-0.3, -0.25) is 4.79 Å². The molecule has 0 saturated heterocycles. The van der Waals surface area contributed by atoms with Crippen LogP contribution in [0.5, 0.6) is 11.5 Å². The molecule has 1 heterocycles. The van der Waals surface area contributed by atoms with E-state index in [1.54, 1.807) is 0 Å². The average Bonchev–Trinajstić information content (AvgIpc) is 2.56. The van der Waals surface area contributed by atoms with Crippen molar-refractivity contribution in [1.29, 1.82) is 0 Å². The number of aromatic hydroxyl groups is 1. The number of carbonyl (C=O) groups excluding carboxylic acids is 1. The van der Waals surface area contributed by atoms with E-state index in [1.807, 2.05) is 6.07 Å². The Bertz CT molecular complexity index is 647. The molecule has 26 heavy (non-hydrogen) atoms. The maximum Gasteiger partial charge on any atom is 0.133 e. The number of unbranched alkanes of at least 4 members (excludes halogenated alkanes) is 5. The second-order valence-electron chi connectivity index (χ2n) is 8.74. The fraction of sp³-hybridized carbons (Fsp3) is 0.696. The van der Waals surface area contributed by atoms with Gasteiger partial charge in [-0.2, -0.15) is 0 Å². The van der Waals surface area contributed by atoms with Crippen LogP contribution in [0.25, 0.3) is 0 Å². The van der Waals surface area contributed by atoms with Gasteiger partial charge in [-0.1, -0.05) is 39.0 Å². The van der Waals surface area contributed by atoms with E-state index in [0.29, 0.717) is 30.3 Å². The third-order valence-corrected chi connectivity index (χ3v) is 6.30. The first-order valence-electron chi connectivity index (χ1n) is 10.5. The number of aryl methyl sites for hydroxylation is 1. The molecule has 0 spiro atoms. The van der Waals surface area contributed by atoms with E-state index in [9.17, 15) is 9.90 Å². The quantitative estimate of drug-likeness (QED) is 0.615. The Kier molecular flexibility index (Phi) is 5.94. The van der Waals surface area contributed by atoms with Gasteiger partial charge in [-0.15, -0.1) is 0 Å². The molecule has 1 aliphatic carbocycles. The first kappa shape index (κ1) is 19.3. The molecular weight excluding hydrogens is 324 g/mol. The number of ketones is 1. The molecular formula is C23H34O3. The van der Waals surface area contributed by atoms with Gasteiger partial charge < -0.3 is 9.84 Å². The van der Waals surface area contributed by atoms with E-state index in [1.165, 1.54) is 32.1 Å². The van der Waals surface area contributed by atoms with Gasteiger partial charge >= 0.3 is 0 Å². The molecule has 3 nitrogen and oxygen atoms in total. The van der Waals surface area contributed by atoms with Crippen LogP contribution >= 0.6 is 0 Å². The number of fused-ring (bicyclic) bond motifs is 3. The summed E-state index contributed by atoms with van der Waals surface area (Å²) >= 11 is 0. The van der Waals surface area contributed by atoms with Gasteiger partial charge in [0.2, 0.25) is 0 Å². The minimum atomic E-state index is -0.288. The van der Waals surface area contributed by atoms with Crippen molar-refractivity contribution in [3.63, 3.8) is 0 Å². The molecule has 3 rings (SSSR count). The number of hydrogen-bond acceptors (Lipinski definition) is 3. The fourth-order valence-electron chi connectivity index (χ4n) is 4.88. The van der Waals surface area contributed by atoms with E-state index in [2.05, 4.69) is 26.8 Å². The summed E-state index contributed by atoms with van der Waals surface area (Å²) in [6, 6.07) is 4.01. The van der Waals surface area contributed by atoms with Crippen LogP contribution in [0.15, 0.2) is 12.1 Å². The number of Topliss-reactive ketones (excluding diaryl/α,β-unsaturated/α-hetero) is 1. The first-order chi connectivity index (χ1) is 12.4. The second kappa shape index (κ2) is 8.02. The second-order valence-corrected chi connectivity index (χ2v) is 8.74. The van der Waals surface area contributed by atoms with Gasteiger partial charge in [0.15, 0.2) is 0 Å². The monoisotopic (exact) mass is 358 g/mol. The molecule has 2 aliphatic rings. The number of phenols is 1. The summed E-state index contributed by atoms with van der Waals surface area (Å²) in [5.41, 5.74) is 1.73. The van der Waals surface area contributed by atoms with Crippen molar-refractivity contribution in [2.75, 3.05) is 0 Å². The lowest BCUT2D eigenvalue weighted by Gasteiger charge is -2.47. The Balaban J connectivity index is 1.74. The molecule has 1 saturated carbocycles. The Hall–Kier alpha value is -1.51. The lowest BCUT2D eigenvalue weighted by Crippen LogP contribution is -2.47. The van der Waals surface area contributed by atoms with Crippen molar-refractivity contribution in [2.45, 2.75) is 96.5 Å². The van der Waals surface area contributed by atoms with Crippen LogP contribution in [0, 0.1) is 5.92 Å². The summed E-state index contributed by atoms with van der Waals surface area (Å²) < 4.78 is 6.33. The van der Waals surface area contributed by atoms with Crippen LogP contribution in [0.3, 0.4) is 0 Å². The van der Waals surface area contributed by atoms with Crippen molar-refractivity contribution in [3.8, 4) is 11.5 Å². The maximum absolute atomic E-state index is 12.0. The number of hydrogen-bond donors (Lipinski definition) is 1. The molecule has 0 aromatic heterocycles. The first-order valence-corrected chi connectivity index (χ1v) is 10.5. The third-order valence-electron chi connectivity index (χ3n) is 6.30. The molecule has 0 amide bonds. The highest BCUT2D eigenvalue weighted by atomic mass is 16.5. The predicted molar refractivity (Wildman–Crippen MR) is 105 cm³/mol. The highest BCUT2D eigenvalue weighted by Crippen LogP contribution is 2.53. The van der Waals surface area contributed by atoms with Crippen molar-refractivity contribution in [1.82, 2.24) is 0 Å². The predicted octanol–water partition coefficient (Wildman–Crippen LogP) is 5.92. The van der Waals surface area contributed by atoms with Crippen LogP contribution in [0.4, 0.5) is 0 Å². The average molecular weight is 359 g/mol. The zero-order valence-corrected chi connectivity index (χ0v) is 16.6. The minimum Gasteiger partial charge on any atom is -0.508 e. The summed E-state index contributed by atoms with van der Waals surface area (Å²) in [7, 11) is 0. The molecule has 144 valence electrons. The summed E-state index contributed by atoms with van der Waals surface area (Å²) in [4.78, 5) is 12.0. The molecule has 1 aliphatic heterocycles. The zero-order chi connectivity index (χ0) is 18.7. The van der Waals surface area contributed by atoms with Crippen LogP contribution in [-0.2, 0) is 11.2 Å². The normalized spacial score (nSPS) is 23.9. The summed E-state index contributed by atoms with van der Waals surface area (Å²) in [5, 5.41) is 10.7. The van der Waals surface area contributed by atoms with Crippen molar-refractivity contribution >= 4 is 5.78 Å². The molecule has 1 fully saturated rings. The van der Waals surface area contributed by atoms with Gasteiger partial charge in [0.25, 0.3) is 0 Å². The Morgan fingerprint density at radius 2 is 1.88 bits per heavy atom. The Morgan fingerprint density at radius 3 is 2.65 bits per heavy atom. The van der Waals surface area contributed by atoms with Gasteiger partial charge in [-0.25, -0.2) is 0 Å². The highest BCUT2D eigenvalue weighted by molar-refractivity contribution is 5.81. The van der Waals surface area contributed by atoms with E-state index in [-0.39, 0.29) is 11.5 Å².